The maximum Gasteiger partial charge on any atom is 0.150 e. The van der Waals surface area contributed by atoms with Crippen LogP contribution in [0.25, 0.3) is 0 Å². The van der Waals surface area contributed by atoms with Crippen molar-refractivity contribution in [2.75, 3.05) is 20.2 Å². The number of benzene rings is 1. The molecular weight excluding hydrogens is 226 g/mol. The zero-order chi connectivity index (χ0) is 13.0. The summed E-state index contributed by atoms with van der Waals surface area (Å²) in [5.41, 5.74) is 1.83. The Morgan fingerprint density at radius 3 is 3.00 bits per heavy atom. The summed E-state index contributed by atoms with van der Waals surface area (Å²) in [6.07, 6.45) is 3.47. The van der Waals surface area contributed by atoms with Gasteiger partial charge in [-0.2, -0.15) is 0 Å². The van der Waals surface area contributed by atoms with E-state index in [4.69, 9.17) is 4.74 Å². The number of carbonyl (C=O) groups is 1. The molecule has 0 aromatic heterocycles. The first-order chi connectivity index (χ1) is 8.72. The van der Waals surface area contributed by atoms with Crippen molar-refractivity contribution in [3.05, 3.63) is 29.3 Å². The molecule has 0 aliphatic carbocycles. The zero-order valence-electron chi connectivity index (χ0n) is 11.2. The van der Waals surface area contributed by atoms with E-state index in [1.54, 1.807) is 13.2 Å². The van der Waals surface area contributed by atoms with E-state index < -0.39 is 0 Å². The van der Waals surface area contributed by atoms with Crippen LogP contribution in [0.15, 0.2) is 18.2 Å². The number of nitrogens with zero attached hydrogens (tertiary/aromatic N) is 1. The minimum atomic E-state index is 0.718. The van der Waals surface area contributed by atoms with Crippen LogP contribution in [0.3, 0.4) is 0 Å². The summed E-state index contributed by atoms with van der Waals surface area (Å²) in [5, 5.41) is 0. The highest BCUT2D eigenvalue weighted by Gasteiger charge is 2.17. The largest absolute Gasteiger partial charge is 0.496 e. The second-order valence-corrected chi connectivity index (χ2v) is 5.17. The van der Waals surface area contributed by atoms with Gasteiger partial charge in [-0.25, -0.2) is 0 Å². The summed E-state index contributed by atoms with van der Waals surface area (Å²) < 4.78 is 5.37. The smallest absolute Gasteiger partial charge is 0.150 e. The van der Waals surface area contributed by atoms with Gasteiger partial charge in [-0.15, -0.1) is 0 Å². The molecule has 3 heteroatoms. The first kappa shape index (κ1) is 13.1. The Kier molecular flexibility index (Phi) is 4.37. The van der Waals surface area contributed by atoms with Gasteiger partial charge in [0.05, 0.1) is 7.11 Å². The maximum atomic E-state index is 10.8. The van der Waals surface area contributed by atoms with Gasteiger partial charge < -0.3 is 4.74 Å². The highest BCUT2D eigenvalue weighted by Crippen LogP contribution is 2.24. The molecule has 1 saturated heterocycles. The molecule has 0 spiro atoms. The monoisotopic (exact) mass is 247 g/mol. The number of methoxy groups -OCH3 is 1. The van der Waals surface area contributed by atoms with Crippen LogP contribution in [0.2, 0.25) is 0 Å². The predicted octanol–water partition coefficient (Wildman–Crippen LogP) is 2.74. The molecule has 1 aliphatic rings. The summed E-state index contributed by atoms with van der Waals surface area (Å²) >= 11 is 0. The Hall–Kier alpha value is -1.35. The lowest BCUT2D eigenvalue weighted by atomic mass is 9.99. The third-order valence-electron chi connectivity index (χ3n) is 3.58. The van der Waals surface area contributed by atoms with Crippen molar-refractivity contribution < 1.29 is 9.53 Å². The SMILES string of the molecule is COc1ccc(C=O)cc1CN1CCC[C@@H](C)C1. The molecule has 0 amide bonds. The van der Waals surface area contributed by atoms with Crippen LogP contribution in [0.1, 0.15) is 35.7 Å². The third kappa shape index (κ3) is 3.10. The number of likely N-dealkylation sites (tertiary alicyclic amines) is 1. The molecule has 98 valence electrons. The Morgan fingerprint density at radius 2 is 2.33 bits per heavy atom. The zero-order valence-corrected chi connectivity index (χ0v) is 11.2. The fraction of sp³-hybridized carbons (Fsp3) is 0.533. The molecule has 1 heterocycles. The Balaban J connectivity index is 2.13. The molecule has 0 unspecified atom stereocenters. The number of hydrogen-bond donors (Lipinski definition) is 0. The Morgan fingerprint density at radius 1 is 1.50 bits per heavy atom. The fourth-order valence-electron chi connectivity index (χ4n) is 2.67. The van der Waals surface area contributed by atoms with Crippen LogP contribution in [-0.4, -0.2) is 31.4 Å². The maximum absolute atomic E-state index is 10.8. The van der Waals surface area contributed by atoms with E-state index in [1.165, 1.54) is 12.8 Å². The molecule has 3 nitrogen and oxygen atoms in total. The van der Waals surface area contributed by atoms with Crippen LogP contribution in [0.4, 0.5) is 0 Å². The molecule has 2 rings (SSSR count). The average Bonchev–Trinajstić information content (AvgIpc) is 2.38. The van der Waals surface area contributed by atoms with Gasteiger partial charge in [0.2, 0.25) is 0 Å². The first-order valence-electron chi connectivity index (χ1n) is 6.57. The van der Waals surface area contributed by atoms with Crippen LogP contribution < -0.4 is 4.74 Å². The van der Waals surface area contributed by atoms with Crippen LogP contribution >= 0.6 is 0 Å². The molecule has 1 fully saturated rings. The summed E-state index contributed by atoms with van der Waals surface area (Å²) in [5.74, 6) is 1.64. The molecule has 0 saturated carbocycles. The number of ether oxygens (including phenoxy) is 1. The van der Waals surface area contributed by atoms with Gasteiger partial charge >= 0.3 is 0 Å². The molecule has 0 radical (unpaired) electrons. The van der Waals surface area contributed by atoms with Crippen molar-refractivity contribution in [2.24, 2.45) is 5.92 Å². The highest BCUT2D eigenvalue weighted by atomic mass is 16.5. The van der Waals surface area contributed by atoms with E-state index in [1.807, 2.05) is 12.1 Å². The van der Waals surface area contributed by atoms with E-state index in [0.29, 0.717) is 0 Å². The average molecular weight is 247 g/mol. The lowest BCUT2D eigenvalue weighted by molar-refractivity contribution is 0.112. The van der Waals surface area contributed by atoms with Crippen molar-refractivity contribution in [2.45, 2.75) is 26.3 Å². The van der Waals surface area contributed by atoms with E-state index in [0.717, 1.165) is 48.7 Å². The minimum Gasteiger partial charge on any atom is -0.496 e. The predicted molar refractivity (Wildman–Crippen MR) is 72.1 cm³/mol. The number of carbonyl (C=O) groups excluding carboxylic acids is 1. The first-order valence-corrected chi connectivity index (χ1v) is 6.57. The number of rotatable bonds is 4. The van der Waals surface area contributed by atoms with Crippen LogP contribution in [0, 0.1) is 5.92 Å². The normalized spacial score (nSPS) is 20.7. The fourth-order valence-corrected chi connectivity index (χ4v) is 2.67. The number of piperidine rings is 1. The van der Waals surface area contributed by atoms with Gasteiger partial charge in [-0.1, -0.05) is 6.92 Å². The van der Waals surface area contributed by atoms with Crippen LogP contribution in [0.5, 0.6) is 5.75 Å². The molecule has 0 bridgehead atoms. The second kappa shape index (κ2) is 6.01. The molecular formula is C15H21NO2. The third-order valence-corrected chi connectivity index (χ3v) is 3.58. The molecule has 1 aliphatic heterocycles. The van der Waals surface area contributed by atoms with E-state index in [-0.39, 0.29) is 0 Å². The molecule has 1 aromatic rings. The summed E-state index contributed by atoms with van der Waals surface area (Å²) in [6.45, 7) is 5.44. The van der Waals surface area contributed by atoms with Gasteiger partial charge in [0, 0.05) is 24.2 Å². The summed E-state index contributed by atoms with van der Waals surface area (Å²) in [6, 6.07) is 5.62. The molecule has 0 N–H and O–H groups in total. The lowest BCUT2D eigenvalue weighted by Crippen LogP contribution is -2.33. The van der Waals surface area contributed by atoms with Crippen molar-refractivity contribution in [3.63, 3.8) is 0 Å². The summed E-state index contributed by atoms with van der Waals surface area (Å²) in [4.78, 5) is 13.3. The lowest BCUT2D eigenvalue weighted by Gasteiger charge is -2.31. The van der Waals surface area contributed by atoms with Crippen molar-refractivity contribution in [3.8, 4) is 5.75 Å². The Labute approximate surface area is 109 Å². The van der Waals surface area contributed by atoms with Crippen molar-refractivity contribution in [1.82, 2.24) is 4.90 Å². The molecule has 1 atom stereocenters. The second-order valence-electron chi connectivity index (χ2n) is 5.17. The van der Waals surface area contributed by atoms with Crippen LogP contribution in [-0.2, 0) is 6.54 Å². The van der Waals surface area contributed by atoms with Gasteiger partial charge in [-0.3, -0.25) is 9.69 Å². The number of aldehydes is 1. The standard InChI is InChI=1S/C15H21NO2/c1-12-4-3-7-16(9-12)10-14-8-13(11-17)5-6-15(14)18-2/h5-6,8,11-12H,3-4,7,9-10H2,1-2H3/t12-/m1/s1. The van der Waals surface area contributed by atoms with Crippen molar-refractivity contribution >= 4 is 6.29 Å². The van der Waals surface area contributed by atoms with Crippen molar-refractivity contribution in [1.29, 1.82) is 0 Å². The highest BCUT2D eigenvalue weighted by molar-refractivity contribution is 5.75. The van der Waals surface area contributed by atoms with E-state index in [2.05, 4.69) is 11.8 Å². The topological polar surface area (TPSA) is 29.5 Å². The van der Waals surface area contributed by atoms with E-state index >= 15 is 0 Å². The van der Waals surface area contributed by atoms with Gasteiger partial charge in [0.25, 0.3) is 0 Å². The van der Waals surface area contributed by atoms with E-state index in [9.17, 15) is 4.79 Å². The molecule has 1 aromatic carbocycles. The van der Waals surface area contributed by atoms with Gasteiger partial charge in [0.1, 0.15) is 12.0 Å². The molecule has 18 heavy (non-hydrogen) atoms. The number of hydrogen-bond acceptors (Lipinski definition) is 3. The van der Waals surface area contributed by atoms with Gasteiger partial charge in [-0.05, 0) is 43.5 Å². The quantitative estimate of drug-likeness (QED) is 0.766. The Bertz CT molecular complexity index is 417. The summed E-state index contributed by atoms with van der Waals surface area (Å²) in [7, 11) is 1.68. The van der Waals surface area contributed by atoms with Gasteiger partial charge in [0.15, 0.2) is 0 Å². The minimum absolute atomic E-state index is 0.718.